The minimum Gasteiger partial charge on any atom is -0.497 e. The molecular formula is C21H31N3O3. The molecule has 1 N–H and O–H groups in total. The molecule has 148 valence electrons. The van der Waals surface area contributed by atoms with Gasteiger partial charge in [0.1, 0.15) is 5.75 Å². The second kappa shape index (κ2) is 8.63. The molecule has 6 heteroatoms. The summed E-state index contributed by atoms with van der Waals surface area (Å²) in [5.74, 6) is 1.06. The van der Waals surface area contributed by atoms with Gasteiger partial charge in [0, 0.05) is 31.6 Å². The Morgan fingerprint density at radius 2 is 1.89 bits per heavy atom. The molecule has 3 amide bonds. The number of amides is 3. The maximum Gasteiger partial charge on any atom is 0.318 e. The molecule has 0 bridgehead atoms. The first-order valence-electron chi connectivity index (χ1n) is 9.99. The van der Waals surface area contributed by atoms with E-state index in [1.807, 2.05) is 41.8 Å². The van der Waals surface area contributed by atoms with Crippen molar-refractivity contribution in [3.63, 3.8) is 0 Å². The average Bonchev–Trinajstić information content (AvgIpc) is 3.18. The van der Waals surface area contributed by atoms with Crippen molar-refractivity contribution < 1.29 is 14.3 Å². The number of benzene rings is 1. The van der Waals surface area contributed by atoms with Crippen molar-refractivity contribution in [3.05, 3.63) is 29.8 Å². The molecule has 0 aliphatic carbocycles. The van der Waals surface area contributed by atoms with E-state index in [1.165, 1.54) is 0 Å². The van der Waals surface area contributed by atoms with Crippen molar-refractivity contribution in [3.8, 4) is 5.75 Å². The van der Waals surface area contributed by atoms with Crippen LogP contribution >= 0.6 is 0 Å². The van der Waals surface area contributed by atoms with Crippen LogP contribution in [0.3, 0.4) is 0 Å². The highest BCUT2D eigenvalue weighted by atomic mass is 16.5. The Bertz CT molecular complexity index is 668. The van der Waals surface area contributed by atoms with Crippen molar-refractivity contribution in [2.75, 3.05) is 26.7 Å². The predicted molar refractivity (Wildman–Crippen MR) is 105 cm³/mol. The maximum absolute atomic E-state index is 12.9. The Hall–Kier alpha value is -2.24. The van der Waals surface area contributed by atoms with Crippen molar-refractivity contribution in [1.82, 2.24) is 15.1 Å². The van der Waals surface area contributed by atoms with E-state index in [0.29, 0.717) is 0 Å². The third-order valence-corrected chi connectivity index (χ3v) is 5.62. The van der Waals surface area contributed by atoms with Crippen LogP contribution in [-0.2, 0) is 4.79 Å². The number of hydrogen-bond acceptors (Lipinski definition) is 3. The zero-order valence-corrected chi connectivity index (χ0v) is 16.6. The first-order chi connectivity index (χ1) is 13.0. The number of hydrogen-bond donors (Lipinski definition) is 1. The molecule has 0 saturated carbocycles. The van der Waals surface area contributed by atoms with Crippen LogP contribution < -0.4 is 10.1 Å². The maximum atomic E-state index is 12.9. The molecule has 2 aliphatic heterocycles. The first-order valence-corrected chi connectivity index (χ1v) is 9.99. The number of ether oxygens (including phenoxy) is 1. The Balaban J connectivity index is 1.57. The number of nitrogens with zero attached hydrogens (tertiary/aromatic N) is 2. The molecule has 1 aromatic rings. The van der Waals surface area contributed by atoms with Crippen LogP contribution in [-0.4, -0.2) is 54.5 Å². The largest absolute Gasteiger partial charge is 0.497 e. The number of likely N-dealkylation sites (tertiary alicyclic amines) is 2. The lowest BCUT2D eigenvalue weighted by Crippen LogP contribution is -2.50. The van der Waals surface area contributed by atoms with Gasteiger partial charge in [-0.05, 0) is 43.4 Å². The molecule has 1 unspecified atom stereocenters. The van der Waals surface area contributed by atoms with E-state index in [4.69, 9.17) is 4.74 Å². The van der Waals surface area contributed by atoms with E-state index in [2.05, 4.69) is 11.4 Å². The zero-order valence-electron chi connectivity index (χ0n) is 16.6. The first kappa shape index (κ1) is 19.5. The fourth-order valence-corrected chi connectivity index (χ4v) is 4.07. The molecule has 1 aromatic carbocycles. The summed E-state index contributed by atoms with van der Waals surface area (Å²) in [5.41, 5.74) is 1.12. The lowest BCUT2D eigenvalue weighted by atomic mass is 10.0. The molecule has 3 rings (SSSR count). The molecule has 2 aliphatic rings. The van der Waals surface area contributed by atoms with Gasteiger partial charge in [-0.1, -0.05) is 26.0 Å². The second-order valence-electron chi connectivity index (χ2n) is 7.83. The van der Waals surface area contributed by atoms with E-state index in [-0.39, 0.29) is 29.9 Å². The van der Waals surface area contributed by atoms with Gasteiger partial charge in [0.25, 0.3) is 0 Å². The highest BCUT2D eigenvalue weighted by molar-refractivity contribution is 5.78. The van der Waals surface area contributed by atoms with Crippen LogP contribution in [0.1, 0.15) is 51.1 Å². The number of nitrogens with one attached hydrogen (secondary N) is 1. The Labute approximate surface area is 161 Å². The third kappa shape index (κ3) is 4.54. The molecule has 0 radical (unpaired) electrons. The highest BCUT2D eigenvalue weighted by Gasteiger charge is 2.32. The summed E-state index contributed by atoms with van der Waals surface area (Å²) in [7, 11) is 1.66. The standard InChI is InChI=1S/C21H31N3O3/c1-15(2)20(25)23-12-9-17(10-13-23)22-21(26)24-11-5-8-19(24)16-6-4-7-18(14-16)27-3/h4,6-7,14-15,17,19H,5,8-13H2,1-3H3,(H,22,26). The van der Waals surface area contributed by atoms with Gasteiger partial charge < -0.3 is 19.9 Å². The number of urea groups is 1. The number of rotatable bonds is 4. The summed E-state index contributed by atoms with van der Waals surface area (Å²) in [6.45, 7) is 6.09. The summed E-state index contributed by atoms with van der Waals surface area (Å²) in [4.78, 5) is 28.9. The summed E-state index contributed by atoms with van der Waals surface area (Å²) in [5, 5.41) is 3.20. The average molecular weight is 373 g/mol. The van der Waals surface area contributed by atoms with E-state index in [1.54, 1.807) is 7.11 Å². The van der Waals surface area contributed by atoms with Crippen molar-refractivity contribution in [2.24, 2.45) is 5.92 Å². The van der Waals surface area contributed by atoms with Crippen LogP contribution in [0.4, 0.5) is 4.79 Å². The molecule has 1 atom stereocenters. The monoisotopic (exact) mass is 373 g/mol. The zero-order chi connectivity index (χ0) is 19.4. The molecule has 6 nitrogen and oxygen atoms in total. The Morgan fingerprint density at radius 1 is 1.15 bits per heavy atom. The van der Waals surface area contributed by atoms with Gasteiger partial charge in [0.05, 0.1) is 13.2 Å². The fourth-order valence-electron chi connectivity index (χ4n) is 4.07. The Morgan fingerprint density at radius 3 is 2.56 bits per heavy atom. The van der Waals surface area contributed by atoms with Crippen LogP contribution in [0, 0.1) is 5.92 Å². The fraction of sp³-hybridized carbons (Fsp3) is 0.619. The lowest BCUT2D eigenvalue weighted by molar-refractivity contribution is -0.135. The molecule has 2 heterocycles. The number of carbonyl (C=O) groups excluding carboxylic acids is 2. The summed E-state index contributed by atoms with van der Waals surface area (Å²) in [6.07, 6.45) is 3.63. The molecule has 2 saturated heterocycles. The van der Waals surface area contributed by atoms with Gasteiger partial charge in [-0.25, -0.2) is 4.79 Å². The van der Waals surface area contributed by atoms with Gasteiger partial charge >= 0.3 is 6.03 Å². The number of methoxy groups -OCH3 is 1. The topological polar surface area (TPSA) is 61.9 Å². The molecule has 0 aromatic heterocycles. The minimum absolute atomic E-state index is 0.00829. The molecule has 2 fully saturated rings. The molecule has 0 spiro atoms. The van der Waals surface area contributed by atoms with E-state index in [0.717, 1.165) is 56.6 Å². The van der Waals surface area contributed by atoms with Gasteiger partial charge in [0.2, 0.25) is 5.91 Å². The molecule has 27 heavy (non-hydrogen) atoms. The third-order valence-electron chi connectivity index (χ3n) is 5.62. The van der Waals surface area contributed by atoms with Gasteiger partial charge in [0.15, 0.2) is 0 Å². The lowest BCUT2D eigenvalue weighted by Gasteiger charge is -2.35. The summed E-state index contributed by atoms with van der Waals surface area (Å²) in [6, 6.07) is 8.23. The van der Waals surface area contributed by atoms with Gasteiger partial charge in [-0.2, -0.15) is 0 Å². The van der Waals surface area contributed by atoms with Crippen LogP contribution in [0.5, 0.6) is 5.75 Å². The SMILES string of the molecule is COc1cccc(C2CCCN2C(=O)NC2CCN(C(=O)C(C)C)CC2)c1. The Kier molecular flexibility index (Phi) is 6.24. The van der Waals surface area contributed by atoms with Crippen LogP contribution in [0.2, 0.25) is 0 Å². The van der Waals surface area contributed by atoms with Crippen LogP contribution in [0.15, 0.2) is 24.3 Å². The normalized spacial score (nSPS) is 20.8. The second-order valence-corrected chi connectivity index (χ2v) is 7.83. The van der Waals surface area contributed by atoms with E-state index in [9.17, 15) is 9.59 Å². The molecular weight excluding hydrogens is 342 g/mol. The van der Waals surface area contributed by atoms with Crippen molar-refractivity contribution in [1.29, 1.82) is 0 Å². The van der Waals surface area contributed by atoms with Gasteiger partial charge in [-0.15, -0.1) is 0 Å². The quantitative estimate of drug-likeness (QED) is 0.882. The number of carbonyl (C=O) groups is 2. The van der Waals surface area contributed by atoms with E-state index >= 15 is 0 Å². The smallest absolute Gasteiger partial charge is 0.318 e. The summed E-state index contributed by atoms with van der Waals surface area (Å²) < 4.78 is 5.33. The van der Waals surface area contributed by atoms with Crippen molar-refractivity contribution in [2.45, 2.75) is 51.6 Å². The van der Waals surface area contributed by atoms with Crippen molar-refractivity contribution >= 4 is 11.9 Å². The van der Waals surface area contributed by atoms with Crippen LogP contribution in [0.25, 0.3) is 0 Å². The number of piperidine rings is 1. The summed E-state index contributed by atoms with van der Waals surface area (Å²) >= 11 is 0. The predicted octanol–water partition coefficient (Wildman–Crippen LogP) is 3.19. The van der Waals surface area contributed by atoms with Gasteiger partial charge in [-0.3, -0.25) is 4.79 Å². The minimum atomic E-state index is 0.00829. The van der Waals surface area contributed by atoms with E-state index < -0.39 is 0 Å². The highest BCUT2D eigenvalue weighted by Crippen LogP contribution is 2.33.